The number of carbonyl (C=O) groups is 1. The summed E-state index contributed by atoms with van der Waals surface area (Å²) in [5, 5.41) is 0.814. The molecule has 0 spiro atoms. The third-order valence-corrected chi connectivity index (χ3v) is 7.25. The van der Waals surface area contributed by atoms with E-state index in [0.29, 0.717) is 26.3 Å². The molecule has 0 saturated carbocycles. The van der Waals surface area contributed by atoms with Crippen molar-refractivity contribution < 1.29 is 9.53 Å². The lowest BCUT2D eigenvalue weighted by molar-refractivity contribution is 0.0303. The minimum atomic E-state index is 0.0813. The Morgan fingerprint density at radius 2 is 1.69 bits per heavy atom. The summed E-state index contributed by atoms with van der Waals surface area (Å²) in [5.41, 5.74) is 4.11. The molecule has 0 radical (unpaired) electrons. The van der Waals surface area contributed by atoms with E-state index in [1.807, 2.05) is 29.2 Å². The maximum atomic E-state index is 12.6. The molecule has 2 saturated heterocycles. The maximum Gasteiger partial charge on any atom is 0.254 e. The van der Waals surface area contributed by atoms with Crippen LogP contribution in [0.15, 0.2) is 29.4 Å². The van der Waals surface area contributed by atoms with Gasteiger partial charge in [0.25, 0.3) is 5.91 Å². The number of anilines is 1. The fraction of sp³-hybridized carbons (Fsp3) is 0.542. The van der Waals surface area contributed by atoms with Crippen LogP contribution in [0.1, 0.15) is 34.1 Å². The summed E-state index contributed by atoms with van der Waals surface area (Å²) in [5.74, 6) is 1.93. The quantitative estimate of drug-likeness (QED) is 0.490. The number of hydrogen-bond donors (Lipinski definition) is 0. The lowest BCUT2D eigenvalue weighted by Crippen LogP contribution is -2.46. The summed E-state index contributed by atoms with van der Waals surface area (Å²) < 4.78 is 5.34. The van der Waals surface area contributed by atoms with Crippen molar-refractivity contribution in [3.63, 3.8) is 0 Å². The molecule has 0 N–H and O–H groups in total. The number of rotatable bonds is 6. The van der Waals surface area contributed by atoms with Crippen molar-refractivity contribution in [2.24, 2.45) is 0 Å². The number of benzene rings is 1. The topological polar surface area (TPSA) is 61.8 Å². The zero-order valence-corrected chi connectivity index (χ0v) is 20.2. The van der Waals surface area contributed by atoms with Crippen molar-refractivity contribution in [3.8, 4) is 0 Å². The highest BCUT2D eigenvalue weighted by molar-refractivity contribution is 7.98. The molecular formula is C24H33N5O2S. The maximum absolute atomic E-state index is 12.6. The molecule has 0 bridgehead atoms. The Morgan fingerprint density at radius 1 is 1.00 bits per heavy atom. The highest BCUT2D eigenvalue weighted by atomic mass is 32.2. The molecule has 2 aliphatic heterocycles. The van der Waals surface area contributed by atoms with Crippen LogP contribution < -0.4 is 4.90 Å². The molecule has 3 heterocycles. The number of carbonyl (C=O) groups excluding carboxylic acids is 1. The summed E-state index contributed by atoms with van der Waals surface area (Å²) in [6.45, 7) is 14.2. The minimum Gasteiger partial charge on any atom is -0.378 e. The van der Waals surface area contributed by atoms with Gasteiger partial charge < -0.3 is 19.4 Å². The molecule has 1 aromatic carbocycles. The first-order valence-electron chi connectivity index (χ1n) is 11.5. The molecule has 0 atom stereocenters. The van der Waals surface area contributed by atoms with E-state index >= 15 is 0 Å². The second-order valence-electron chi connectivity index (χ2n) is 8.35. The van der Waals surface area contributed by atoms with Crippen molar-refractivity contribution in [1.82, 2.24) is 19.8 Å². The molecule has 2 fully saturated rings. The van der Waals surface area contributed by atoms with Gasteiger partial charge in [-0.1, -0.05) is 30.8 Å². The van der Waals surface area contributed by atoms with Crippen molar-refractivity contribution in [3.05, 3.63) is 46.6 Å². The average Bonchev–Trinajstić information content (AvgIpc) is 2.85. The van der Waals surface area contributed by atoms with Gasteiger partial charge >= 0.3 is 0 Å². The Labute approximate surface area is 195 Å². The van der Waals surface area contributed by atoms with Gasteiger partial charge in [0.2, 0.25) is 0 Å². The van der Waals surface area contributed by atoms with Gasteiger partial charge in [-0.15, -0.1) is 0 Å². The van der Waals surface area contributed by atoms with Gasteiger partial charge in [-0.25, -0.2) is 9.97 Å². The number of amides is 1. The van der Waals surface area contributed by atoms with Crippen LogP contribution in [0.2, 0.25) is 0 Å². The molecule has 172 valence electrons. The lowest BCUT2D eigenvalue weighted by atomic mass is 10.1. The first-order valence-corrected chi connectivity index (χ1v) is 12.4. The first kappa shape index (κ1) is 23.0. The molecule has 8 heteroatoms. The van der Waals surface area contributed by atoms with E-state index in [1.54, 1.807) is 11.8 Å². The monoisotopic (exact) mass is 455 g/mol. The largest absolute Gasteiger partial charge is 0.378 e. The fourth-order valence-corrected chi connectivity index (χ4v) is 4.92. The Hall–Kier alpha value is -2.16. The van der Waals surface area contributed by atoms with E-state index in [0.717, 1.165) is 66.3 Å². The Bertz CT molecular complexity index is 923. The highest BCUT2D eigenvalue weighted by Crippen LogP contribution is 2.27. The molecule has 32 heavy (non-hydrogen) atoms. The van der Waals surface area contributed by atoms with Crippen LogP contribution >= 0.6 is 11.8 Å². The summed E-state index contributed by atoms with van der Waals surface area (Å²) in [4.78, 5) is 29.0. The molecule has 2 aliphatic rings. The van der Waals surface area contributed by atoms with Gasteiger partial charge in [0.15, 0.2) is 5.16 Å². The SMILES string of the molecule is CCN1CCN(c2nc(SCc3ccc(C(=O)N4CCOCC4)cc3)nc(C)c2C)CC1. The van der Waals surface area contributed by atoms with E-state index in [1.165, 1.54) is 5.56 Å². The number of likely N-dealkylation sites (N-methyl/N-ethyl adjacent to an activating group) is 1. The van der Waals surface area contributed by atoms with Crippen LogP contribution in [0, 0.1) is 13.8 Å². The molecule has 0 aliphatic carbocycles. The number of morpholine rings is 1. The van der Waals surface area contributed by atoms with Crippen LogP contribution in [-0.2, 0) is 10.5 Å². The van der Waals surface area contributed by atoms with Gasteiger partial charge in [0.05, 0.1) is 13.2 Å². The lowest BCUT2D eigenvalue weighted by Gasteiger charge is -2.35. The molecule has 7 nitrogen and oxygen atoms in total. The van der Waals surface area contributed by atoms with E-state index < -0.39 is 0 Å². The van der Waals surface area contributed by atoms with Gasteiger partial charge in [-0.3, -0.25) is 4.79 Å². The third-order valence-electron chi connectivity index (χ3n) is 6.33. The van der Waals surface area contributed by atoms with E-state index in [2.05, 4.69) is 30.6 Å². The van der Waals surface area contributed by atoms with Crippen LogP contribution in [-0.4, -0.2) is 84.7 Å². The van der Waals surface area contributed by atoms with Crippen LogP contribution in [0.4, 0.5) is 5.82 Å². The first-order chi connectivity index (χ1) is 15.5. The van der Waals surface area contributed by atoms with E-state index in [-0.39, 0.29) is 5.91 Å². The average molecular weight is 456 g/mol. The Balaban J connectivity index is 1.39. The molecule has 4 rings (SSSR count). The third kappa shape index (κ3) is 5.42. The number of piperazine rings is 1. The van der Waals surface area contributed by atoms with E-state index in [4.69, 9.17) is 14.7 Å². The smallest absolute Gasteiger partial charge is 0.254 e. The van der Waals surface area contributed by atoms with Crippen molar-refractivity contribution in [1.29, 1.82) is 0 Å². The summed E-state index contributed by atoms with van der Waals surface area (Å²) >= 11 is 1.65. The number of nitrogens with zero attached hydrogens (tertiary/aromatic N) is 5. The second kappa shape index (κ2) is 10.6. The highest BCUT2D eigenvalue weighted by Gasteiger charge is 2.21. The molecule has 1 aromatic heterocycles. The number of aromatic nitrogens is 2. The zero-order valence-electron chi connectivity index (χ0n) is 19.3. The number of ether oxygens (including phenoxy) is 1. The zero-order chi connectivity index (χ0) is 22.5. The number of hydrogen-bond acceptors (Lipinski definition) is 7. The van der Waals surface area contributed by atoms with E-state index in [9.17, 15) is 4.79 Å². The Kier molecular flexibility index (Phi) is 7.65. The second-order valence-corrected chi connectivity index (χ2v) is 9.29. The molecule has 1 amide bonds. The van der Waals surface area contributed by atoms with Crippen molar-refractivity contribution >= 4 is 23.5 Å². The van der Waals surface area contributed by atoms with Crippen molar-refractivity contribution in [2.75, 3.05) is 63.9 Å². The number of thioether (sulfide) groups is 1. The normalized spacial score (nSPS) is 17.6. The standard InChI is InChI=1S/C24H33N5O2S/c1-4-27-9-11-28(12-10-27)22-18(2)19(3)25-24(26-22)32-17-20-5-7-21(8-6-20)23(30)29-13-15-31-16-14-29/h5-8H,4,9-17H2,1-3H3. The predicted octanol–water partition coefficient (Wildman–Crippen LogP) is 3.00. The Morgan fingerprint density at radius 3 is 2.34 bits per heavy atom. The summed E-state index contributed by atoms with van der Waals surface area (Å²) in [7, 11) is 0. The van der Waals surface area contributed by atoms with Crippen LogP contribution in [0.5, 0.6) is 0 Å². The predicted molar refractivity (Wildman–Crippen MR) is 129 cm³/mol. The van der Waals surface area contributed by atoms with Crippen LogP contribution in [0.3, 0.4) is 0 Å². The van der Waals surface area contributed by atoms with Gasteiger partial charge in [0.1, 0.15) is 5.82 Å². The molecule has 2 aromatic rings. The molecular weight excluding hydrogens is 422 g/mol. The van der Waals surface area contributed by atoms with Gasteiger partial charge in [0, 0.05) is 61.8 Å². The fourth-order valence-electron chi connectivity index (χ4n) is 4.08. The van der Waals surface area contributed by atoms with Gasteiger partial charge in [-0.2, -0.15) is 0 Å². The molecule has 0 unspecified atom stereocenters. The summed E-state index contributed by atoms with van der Waals surface area (Å²) in [6.07, 6.45) is 0. The van der Waals surface area contributed by atoms with Crippen molar-refractivity contribution in [2.45, 2.75) is 31.7 Å². The minimum absolute atomic E-state index is 0.0813. The number of aryl methyl sites for hydroxylation is 1. The van der Waals surface area contributed by atoms with Crippen LogP contribution in [0.25, 0.3) is 0 Å². The summed E-state index contributed by atoms with van der Waals surface area (Å²) in [6, 6.07) is 7.92. The van der Waals surface area contributed by atoms with Gasteiger partial charge in [-0.05, 0) is 38.1 Å².